The number of amides is 1. The van der Waals surface area contributed by atoms with Crippen LogP contribution in [0.25, 0.3) is 0 Å². The molecule has 1 fully saturated rings. The summed E-state index contributed by atoms with van der Waals surface area (Å²) in [5.74, 6) is -1.21. The summed E-state index contributed by atoms with van der Waals surface area (Å²) in [6.07, 6.45) is 56.9. The predicted molar refractivity (Wildman–Crippen MR) is 320 cm³/mol. The second-order valence-corrected chi connectivity index (χ2v) is 22.1. The van der Waals surface area contributed by atoms with Gasteiger partial charge in [-0.3, -0.25) is 9.59 Å². The lowest BCUT2D eigenvalue weighted by atomic mass is 9.99. The maximum Gasteiger partial charge on any atom is 0.306 e. The van der Waals surface area contributed by atoms with Crippen LogP contribution < -0.4 is 5.32 Å². The van der Waals surface area contributed by atoms with Gasteiger partial charge in [-0.25, -0.2) is 0 Å². The fraction of sp³-hybridized carbons (Fsp3) is 0.818. The first-order valence-corrected chi connectivity index (χ1v) is 32.1. The quantitative estimate of drug-likeness (QED) is 0.0195. The lowest BCUT2D eigenvalue weighted by molar-refractivity contribution is -0.305. The van der Waals surface area contributed by atoms with Crippen LogP contribution in [0.1, 0.15) is 284 Å². The molecule has 1 heterocycles. The largest absolute Gasteiger partial charge is 0.454 e. The van der Waals surface area contributed by atoms with E-state index in [1.54, 1.807) is 6.08 Å². The van der Waals surface area contributed by atoms with Gasteiger partial charge in [-0.05, 0) is 89.9 Å². The third kappa shape index (κ3) is 42.0. The molecule has 0 saturated carbocycles. The second kappa shape index (κ2) is 54.0. The van der Waals surface area contributed by atoms with E-state index < -0.39 is 67.4 Å². The average Bonchev–Trinajstić information content (AvgIpc) is 3.43. The minimum absolute atomic E-state index is 0.103. The number of rotatable bonds is 54. The molecule has 0 aromatic heterocycles. The Morgan fingerprint density at radius 2 is 0.896 bits per heavy atom. The number of hydrogen-bond donors (Lipinski definition) is 6. The van der Waals surface area contributed by atoms with Crippen molar-refractivity contribution in [3.8, 4) is 0 Å². The van der Waals surface area contributed by atoms with Crippen LogP contribution in [0.2, 0.25) is 0 Å². The Morgan fingerprint density at radius 3 is 1.38 bits per heavy atom. The van der Waals surface area contributed by atoms with Crippen molar-refractivity contribution >= 4 is 11.9 Å². The van der Waals surface area contributed by atoms with Crippen LogP contribution in [0.4, 0.5) is 0 Å². The van der Waals surface area contributed by atoms with E-state index in [4.69, 9.17) is 14.2 Å². The van der Waals surface area contributed by atoms with Gasteiger partial charge in [0.25, 0.3) is 0 Å². The summed E-state index contributed by atoms with van der Waals surface area (Å²) in [5.41, 5.74) is 0. The molecular weight excluding hydrogens is 967 g/mol. The molecule has 1 rings (SSSR count). The molecule has 6 N–H and O–H groups in total. The Bertz CT molecular complexity index is 1480. The number of unbranched alkanes of at least 4 members (excludes halogenated alkanes) is 32. The first-order valence-electron chi connectivity index (χ1n) is 32.1. The Morgan fingerprint density at radius 1 is 0.506 bits per heavy atom. The van der Waals surface area contributed by atoms with Gasteiger partial charge in [0, 0.05) is 6.42 Å². The van der Waals surface area contributed by atoms with Crippen molar-refractivity contribution in [1.82, 2.24) is 5.32 Å². The van der Waals surface area contributed by atoms with E-state index in [0.717, 1.165) is 83.5 Å². The topological polar surface area (TPSA) is 175 Å². The monoisotopic (exact) mass is 1090 g/mol. The molecule has 0 radical (unpaired) electrons. The summed E-state index contributed by atoms with van der Waals surface area (Å²) in [4.78, 5) is 26.5. The number of carbonyl (C=O) groups excluding carboxylic acids is 2. The summed E-state index contributed by atoms with van der Waals surface area (Å²) in [6.45, 7) is 5.75. The molecule has 77 heavy (non-hydrogen) atoms. The van der Waals surface area contributed by atoms with E-state index in [-0.39, 0.29) is 19.4 Å². The van der Waals surface area contributed by atoms with Crippen LogP contribution in [0.3, 0.4) is 0 Å². The Labute approximate surface area is 471 Å². The minimum atomic E-state index is -1.62. The van der Waals surface area contributed by atoms with Crippen LogP contribution in [0.15, 0.2) is 60.8 Å². The predicted octanol–water partition coefficient (Wildman–Crippen LogP) is 15.4. The standard InChI is InChI=1S/C66H119NO10/c1-4-7-10-13-16-19-22-25-27-28-29-30-31-32-33-34-35-38-41-44-47-50-53-59(70)65(74)67-57(58(69)52-49-46-43-40-37-24-21-18-15-12-9-6-3)56-75-66-64(63(73)62(72)60(55-68)76-66)77-61(71)54-51-48-45-42-39-36-26-23-20-17-14-11-8-5-2/h16,19,25,27,29-30,36,39,49,52,57-60,62-64,66,68-70,72-73H,4-15,17-18,20-24,26,28,31-35,37-38,40-48,50-51,53-56H2,1-3H3,(H,67,74)/b19-16-,27-25-,30-29-,39-36-,52-49+. The Hall–Kier alpha value is -2.64. The molecule has 1 aliphatic rings. The van der Waals surface area contributed by atoms with E-state index in [0.29, 0.717) is 12.8 Å². The summed E-state index contributed by atoms with van der Waals surface area (Å²) in [6, 6.07) is -1.03. The van der Waals surface area contributed by atoms with Gasteiger partial charge in [0.2, 0.25) is 5.91 Å². The second-order valence-electron chi connectivity index (χ2n) is 22.1. The molecule has 0 aliphatic carbocycles. The van der Waals surface area contributed by atoms with Crippen molar-refractivity contribution in [2.24, 2.45) is 0 Å². The van der Waals surface area contributed by atoms with Crippen LogP contribution in [-0.2, 0) is 23.8 Å². The normalized spacial score (nSPS) is 19.4. The van der Waals surface area contributed by atoms with Gasteiger partial charge >= 0.3 is 5.97 Å². The lowest BCUT2D eigenvalue weighted by Crippen LogP contribution is -2.61. The maximum atomic E-state index is 13.4. The van der Waals surface area contributed by atoms with E-state index in [2.05, 4.69) is 74.7 Å². The van der Waals surface area contributed by atoms with Crippen LogP contribution in [0, 0.1) is 0 Å². The highest BCUT2D eigenvalue weighted by molar-refractivity contribution is 5.80. The van der Waals surface area contributed by atoms with Crippen LogP contribution >= 0.6 is 0 Å². The summed E-state index contributed by atoms with van der Waals surface area (Å²) in [5, 5.41) is 57.0. The van der Waals surface area contributed by atoms with Gasteiger partial charge < -0.3 is 45.1 Å². The van der Waals surface area contributed by atoms with Gasteiger partial charge in [0.05, 0.1) is 25.4 Å². The smallest absolute Gasteiger partial charge is 0.306 e. The van der Waals surface area contributed by atoms with Crippen molar-refractivity contribution in [2.45, 2.75) is 333 Å². The lowest BCUT2D eigenvalue weighted by Gasteiger charge is -2.41. The Kier molecular flexibility index (Phi) is 50.7. The van der Waals surface area contributed by atoms with Crippen molar-refractivity contribution in [3.05, 3.63) is 60.8 Å². The highest BCUT2D eigenvalue weighted by Crippen LogP contribution is 2.26. The third-order valence-electron chi connectivity index (χ3n) is 14.9. The first-order chi connectivity index (χ1) is 37.7. The number of aliphatic hydroxyl groups is 5. The molecule has 1 amide bonds. The van der Waals surface area contributed by atoms with E-state index in [1.165, 1.54) is 154 Å². The van der Waals surface area contributed by atoms with Gasteiger partial charge in [0.1, 0.15) is 24.4 Å². The summed E-state index contributed by atoms with van der Waals surface area (Å²) < 4.78 is 17.6. The van der Waals surface area contributed by atoms with Gasteiger partial charge in [-0.15, -0.1) is 0 Å². The van der Waals surface area contributed by atoms with E-state index in [9.17, 15) is 35.1 Å². The average molecular weight is 1090 g/mol. The number of allylic oxidation sites excluding steroid dienone is 9. The molecule has 8 atom stereocenters. The molecule has 1 aliphatic heterocycles. The highest BCUT2D eigenvalue weighted by Gasteiger charge is 2.47. The maximum absolute atomic E-state index is 13.4. The number of hydrogen-bond acceptors (Lipinski definition) is 10. The van der Waals surface area contributed by atoms with Gasteiger partial charge in [-0.1, -0.05) is 248 Å². The van der Waals surface area contributed by atoms with Crippen molar-refractivity contribution in [1.29, 1.82) is 0 Å². The fourth-order valence-corrected chi connectivity index (χ4v) is 9.77. The third-order valence-corrected chi connectivity index (χ3v) is 14.9. The zero-order valence-corrected chi connectivity index (χ0v) is 49.6. The molecular formula is C66H119NO10. The zero-order chi connectivity index (χ0) is 56.1. The van der Waals surface area contributed by atoms with E-state index in [1.807, 2.05) is 6.08 Å². The number of esters is 1. The highest BCUT2D eigenvalue weighted by atomic mass is 16.7. The summed E-state index contributed by atoms with van der Waals surface area (Å²) >= 11 is 0. The van der Waals surface area contributed by atoms with Crippen LogP contribution in [-0.4, -0.2) is 99.6 Å². The van der Waals surface area contributed by atoms with Gasteiger partial charge in [0.15, 0.2) is 12.4 Å². The zero-order valence-electron chi connectivity index (χ0n) is 49.6. The number of ether oxygens (including phenoxy) is 3. The molecule has 11 heteroatoms. The molecule has 11 nitrogen and oxygen atoms in total. The van der Waals surface area contributed by atoms with Crippen LogP contribution in [0.5, 0.6) is 0 Å². The van der Waals surface area contributed by atoms with Gasteiger partial charge in [-0.2, -0.15) is 0 Å². The minimum Gasteiger partial charge on any atom is -0.454 e. The number of aliphatic hydroxyl groups excluding tert-OH is 5. The first kappa shape index (κ1) is 72.4. The molecule has 8 unspecified atom stereocenters. The van der Waals surface area contributed by atoms with Crippen molar-refractivity contribution < 1.29 is 49.3 Å². The fourth-order valence-electron chi connectivity index (χ4n) is 9.77. The van der Waals surface area contributed by atoms with E-state index >= 15 is 0 Å². The van der Waals surface area contributed by atoms with Crippen molar-refractivity contribution in [2.75, 3.05) is 13.2 Å². The molecule has 0 aromatic rings. The summed E-state index contributed by atoms with van der Waals surface area (Å²) in [7, 11) is 0. The van der Waals surface area contributed by atoms with Crippen molar-refractivity contribution in [3.63, 3.8) is 0 Å². The molecule has 0 bridgehead atoms. The molecule has 0 spiro atoms. The molecule has 448 valence electrons. The molecule has 0 aromatic carbocycles. The number of nitrogens with one attached hydrogen (secondary N) is 1. The SMILES string of the molecule is CCCCC/C=C\C/C=C\C/C=C\CCCCCCCCCCCC(O)C(=O)NC(COC1OC(CO)C(O)C(O)C1OC(=O)CCCCC/C=C\CCCCCCCCC)C(O)/C=C/CCCCCCCCCCCC. The molecule has 1 saturated heterocycles. The number of carbonyl (C=O) groups is 2. The Balaban J connectivity index is 2.65.